The van der Waals surface area contributed by atoms with Crippen molar-refractivity contribution in [3.8, 4) is 0 Å². The molecular formula is C21H33N3O3. The van der Waals surface area contributed by atoms with Gasteiger partial charge >= 0.3 is 0 Å². The summed E-state index contributed by atoms with van der Waals surface area (Å²) in [6, 6.07) is 7.55. The van der Waals surface area contributed by atoms with Gasteiger partial charge in [-0.15, -0.1) is 0 Å². The second kappa shape index (κ2) is 9.64. The summed E-state index contributed by atoms with van der Waals surface area (Å²) >= 11 is 0. The highest BCUT2D eigenvalue weighted by molar-refractivity contribution is 5.79. The van der Waals surface area contributed by atoms with Crippen molar-refractivity contribution in [2.75, 3.05) is 59.5 Å². The molecule has 6 heteroatoms. The van der Waals surface area contributed by atoms with E-state index in [0.717, 1.165) is 50.4 Å². The Morgan fingerprint density at radius 3 is 2.41 bits per heavy atom. The van der Waals surface area contributed by atoms with E-state index in [4.69, 9.17) is 5.11 Å². The van der Waals surface area contributed by atoms with Crippen LogP contribution < -0.4 is 0 Å². The number of rotatable bonds is 6. The Kier molecular flexibility index (Phi) is 7.24. The molecule has 27 heavy (non-hydrogen) atoms. The van der Waals surface area contributed by atoms with Crippen molar-refractivity contribution in [1.29, 1.82) is 0 Å². The number of amides is 1. The zero-order valence-electron chi connectivity index (χ0n) is 16.4. The number of hydrogen-bond acceptors (Lipinski definition) is 5. The lowest BCUT2D eigenvalue weighted by atomic mass is 9.96. The van der Waals surface area contributed by atoms with E-state index in [-0.39, 0.29) is 25.0 Å². The van der Waals surface area contributed by atoms with Crippen LogP contribution in [0, 0.1) is 11.8 Å². The number of hydrogen-bond donors (Lipinski definition) is 2. The first kappa shape index (κ1) is 20.3. The van der Waals surface area contributed by atoms with Gasteiger partial charge in [-0.3, -0.25) is 4.79 Å². The molecule has 2 atom stereocenters. The van der Waals surface area contributed by atoms with Crippen LogP contribution in [-0.2, 0) is 17.8 Å². The van der Waals surface area contributed by atoms with Gasteiger partial charge in [0.15, 0.2) is 0 Å². The first-order valence-electron chi connectivity index (χ1n) is 10.1. The molecule has 150 valence electrons. The van der Waals surface area contributed by atoms with Crippen LogP contribution in [0.25, 0.3) is 0 Å². The van der Waals surface area contributed by atoms with Crippen LogP contribution in [0.4, 0.5) is 0 Å². The van der Waals surface area contributed by atoms with Crippen LogP contribution in [0.3, 0.4) is 0 Å². The molecule has 0 radical (unpaired) electrons. The Balaban J connectivity index is 1.55. The minimum absolute atomic E-state index is 0.0203. The average molecular weight is 376 g/mol. The number of benzene rings is 1. The number of aliphatic hydroxyl groups is 2. The lowest BCUT2D eigenvalue weighted by Crippen LogP contribution is -2.36. The van der Waals surface area contributed by atoms with Gasteiger partial charge in [-0.05, 0) is 43.6 Å². The normalized spacial score (nSPS) is 24.9. The first-order valence-corrected chi connectivity index (χ1v) is 10.1. The summed E-state index contributed by atoms with van der Waals surface area (Å²) in [5.74, 6) is 0.647. The Bertz CT molecular complexity index is 607. The number of likely N-dealkylation sites (tertiary alicyclic amines) is 1. The second-order valence-corrected chi connectivity index (χ2v) is 8.11. The molecule has 2 N–H and O–H groups in total. The SMILES string of the molecule is CN1CCCN(C[C@@H]2CN(C(=O)Cc3ccc(CO)cc3)C[C@@H]2CO)CC1. The monoisotopic (exact) mass is 375 g/mol. The van der Waals surface area contributed by atoms with Gasteiger partial charge in [-0.25, -0.2) is 0 Å². The molecule has 1 aromatic carbocycles. The van der Waals surface area contributed by atoms with Crippen molar-refractivity contribution in [3.63, 3.8) is 0 Å². The van der Waals surface area contributed by atoms with Gasteiger partial charge in [0.05, 0.1) is 13.0 Å². The van der Waals surface area contributed by atoms with Gasteiger partial charge in [0, 0.05) is 45.2 Å². The van der Waals surface area contributed by atoms with Crippen molar-refractivity contribution in [3.05, 3.63) is 35.4 Å². The van der Waals surface area contributed by atoms with Crippen molar-refractivity contribution >= 4 is 5.91 Å². The van der Waals surface area contributed by atoms with Crippen molar-refractivity contribution in [2.24, 2.45) is 11.8 Å². The highest BCUT2D eigenvalue weighted by Crippen LogP contribution is 2.25. The third-order valence-corrected chi connectivity index (χ3v) is 6.03. The van der Waals surface area contributed by atoms with E-state index in [9.17, 15) is 9.90 Å². The molecule has 0 saturated carbocycles. The fourth-order valence-electron chi connectivity index (χ4n) is 4.22. The van der Waals surface area contributed by atoms with Gasteiger partial charge in [0.2, 0.25) is 5.91 Å². The summed E-state index contributed by atoms with van der Waals surface area (Å²) in [5, 5.41) is 19.0. The van der Waals surface area contributed by atoms with Crippen molar-refractivity contribution in [2.45, 2.75) is 19.4 Å². The molecule has 2 aliphatic heterocycles. The van der Waals surface area contributed by atoms with Crippen LogP contribution in [0.5, 0.6) is 0 Å². The van der Waals surface area contributed by atoms with E-state index in [1.54, 1.807) is 0 Å². The predicted octanol–water partition coefficient (Wildman–Crippen LogP) is 0.426. The molecule has 0 aromatic heterocycles. The van der Waals surface area contributed by atoms with E-state index < -0.39 is 0 Å². The minimum Gasteiger partial charge on any atom is -0.396 e. The summed E-state index contributed by atoms with van der Waals surface area (Å²) in [7, 11) is 2.17. The third-order valence-electron chi connectivity index (χ3n) is 6.03. The maximum absolute atomic E-state index is 12.7. The van der Waals surface area contributed by atoms with E-state index in [0.29, 0.717) is 18.9 Å². The second-order valence-electron chi connectivity index (χ2n) is 8.11. The van der Waals surface area contributed by atoms with Gasteiger partial charge in [-0.1, -0.05) is 24.3 Å². The molecule has 3 rings (SSSR count). The van der Waals surface area contributed by atoms with Crippen LogP contribution in [0.1, 0.15) is 17.5 Å². The predicted molar refractivity (Wildman–Crippen MR) is 105 cm³/mol. The van der Waals surface area contributed by atoms with Crippen LogP contribution in [-0.4, -0.2) is 90.3 Å². The van der Waals surface area contributed by atoms with E-state index in [1.165, 1.54) is 6.42 Å². The molecule has 0 aliphatic carbocycles. The Labute approximate surface area is 162 Å². The summed E-state index contributed by atoms with van der Waals surface area (Å²) in [6.45, 7) is 6.93. The van der Waals surface area contributed by atoms with Crippen LogP contribution in [0.15, 0.2) is 24.3 Å². The molecule has 0 spiro atoms. The molecule has 2 fully saturated rings. The number of carbonyl (C=O) groups is 1. The maximum atomic E-state index is 12.7. The van der Waals surface area contributed by atoms with Gasteiger partial charge in [0.25, 0.3) is 0 Å². The average Bonchev–Trinajstić information content (AvgIpc) is 2.98. The summed E-state index contributed by atoms with van der Waals surface area (Å²) < 4.78 is 0. The van der Waals surface area contributed by atoms with Crippen molar-refractivity contribution in [1.82, 2.24) is 14.7 Å². The summed E-state index contributed by atoms with van der Waals surface area (Å²) in [4.78, 5) is 19.5. The lowest BCUT2D eigenvalue weighted by Gasteiger charge is -2.26. The highest BCUT2D eigenvalue weighted by Gasteiger charge is 2.35. The van der Waals surface area contributed by atoms with Crippen LogP contribution in [0.2, 0.25) is 0 Å². The van der Waals surface area contributed by atoms with Crippen LogP contribution >= 0.6 is 0 Å². The molecule has 1 amide bonds. The standard InChI is InChI=1S/C21H33N3O3/c1-22-7-2-8-23(10-9-22)12-19-13-24(14-20(19)16-26)21(27)11-17-3-5-18(15-25)6-4-17/h3-6,19-20,25-26H,2,7-16H2,1H3/t19-,20-/m1/s1. The summed E-state index contributed by atoms with van der Waals surface area (Å²) in [5.41, 5.74) is 1.83. The fourth-order valence-corrected chi connectivity index (χ4v) is 4.22. The molecule has 2 aliphatic rings. The smallest absolute Gasteiger partial charge is 0.227 e. The highest BCUT2D eigenvalue weighted by atomic mass is 16.3. The maximum Gasteiger partial charge on any atom is 0.227 e. The Hall–Kier alpha value is -1.47. The number of likely N-dealkylation sites (N-methyl/N-ethyl adjacent to an activating group) is 1. The summed E-state index contributed by atoms with van der Waals surface area (Å²) in [6.07, 6.45) is 1.56. The van der Waals surface area contributed by atoms with Gasteiger partial charge < -0.3 is 24.9 Å². The molecular weight excluding hydrogens is 342 g/mol. The Morgan fingerprint density at radius 1 is 1.00 bits per heavy atom. The fraction of sp³-hybridized carbons (Fsp3) is 0.667. The molecule has 0 bridgehead atoms. The lowest BCUT2D eigenvalue weighted by molar-refractivity contribution is -0.129. The molecule has 2 heterocycles. The number of nitrogens with zero attached hydrogens (tertiary/aromatic N) is 3. The van der Waals surface area contributed by atoms with E-state index in [2.05, 4.69) is 16.8 Å². The quantitative estimate of drug-likeness (QED) is 0.755. The first-order chi connectivity index (χ1) is 13.1. The zero-order chi connectivity index (χ0) is 19.2. The molecule has 0 unspecified atom stereocenters. The van der Waals surface area contributed by atoms with E-state index in [1.807, 2.05) is 29.2 Å². The number of aliphatic hydroxyl groups excluding tert-OH is 2. The topological polar surface area (TPSA) is 67.2 Å². The molecule has 2 saturated heterocycles. The van der Waals surface area contributed by atoms with Gasteiger partial charge in [0.1, 0.15) is 0 Å². The number of carbonyl (C=O) groups excluding carboxylic acids is 1. The Morgan fingerprint density at radius 2 is 1.70 bits per heavy atom. The largest absolute Gasteiger partial charge is 0.396 e. The third kappa shape index (κ3) is 5.51. The zero-order valence-corrected chi connectivity index (χ0v) is 16.4. The van der Waals surface area contributed by atoms with Crippen molar-refractivity contribution < 1.29 is 15.0 Å². The van der Waals surface area contributed by atoms with E-state index >= 15 is 0 Å². The van der Waals surface area contributed by atoms with Gasteiger partial charge in [-0.2, -0.15) is 0 Å². The molecule has 1 aromatic rings. The molecule has 6 nitrogen and oxygen atoms in total. The minimum atomic E-state index is 0.0203.